The number of anilines is 1. The van der Waals surface area contributed by atoms with Crippen LogP contribution in [0.3, 0.4) is 0 Å². The SMILES string of the molecule is CCCC[C@@H](CC)CNC(=O)CCCN(c1ccccc1Br)S(C)(=O)=O. The molecule has 148 valence electrons. The van der Waals surface area contributed by atoms with Crippen molar-refractivity contribution in [2.45, 2.75) is 52.4 Å². The first-order valence-electron chi connectivity index (χ1n) is 9.28. The molecule has 0 fully saturated rings. The Morgan fingerprint density at radius 2 is 1.92 bits per heavy atom. The molecule has 0 aliphatic rings. The monoisotopic (exact) mass is 446 g/mol. The summed E-state index contributed by atoms with van der Waals surface area (Å²) in [4.78, 5) is 12.1. The van der Waals surface area contributed by atoms with Gasteiger partial charge in [-0.15, -0.1) is 0 Å². The predicted molar refractivity (Wildman–Crippen MR) is 112 cm³/mol. The molecule has 0 bridgehead atoms. The summed E-state index contributed by atoms with van der Waals surface area (Å²) in [7, 11) is -3.41. The number of carbonyl (C=O) groups excluding carboxylic acids is 1. The van der Waals surface area contributed by atoms with Gasteiger partial charge in [0.15, 0.2) is 0 Å². The van der Waals surface area contributed by atoms with E-state index in [1.165, 1.54) is 23.4 Å². The number of benzene rings is 1. The molecule has 1 aromatic rings. The van der Waals surface area contributed by atoms with Gasteiger partial charge in [0.05, 0.1) is 11.9 Å². The molecule has 1 N–H and O–H groups in total. The minimum Gasteiger partial charge on any atom is -0.356 e. The van der Waals surface area contributed by atoms with Gasteiger partial charge < -0.3 is 5.32 Å². The van der Waals surface area contributed by atoms with Crippen molar-refractivity contribution < 1.29 is 13.2 Å². The van der Waals surface area contributed by atoms with Crippen LogP contribution in [-0.2, 0) is 14.8 Å². The number of carbonyl (C=O) groups is 1. The van der Waals surface area contributed by atoms with Crippen LogP contribution in [0.15, 0.2) is 28.7 Å². The van der Waals surface area contributed by atoms with Gasteiger partial charge in [0.1, 0.15) is 0 Å². The maximum Gasteiger partial charge on any atom is 0.232 e. The summed E-state index contributed by atoms with van der Waals surface area (Å²) >= 11 is 3.39. The third-order valence-electron chi connectivity index (χ3n) is 4.42. The number of unbranched alkanes of at least 4 members (excludes halogenated alkanes) is 1. The predicted octanol–water partition coefficient (Wildman–Crippen LogP) is 4.33. The van der Waals surface area contributed by atoms with Crippen LogP contribution >= 0.6 is 15.9 Å². The first kappa shape index (κ1) is 23.0. The third kappa shape index (κ3) is 8.08. The van der Waals surface area contributed by atoms with Crippen molar-refractivity contribution in [1.29, 1.82) is 0 Å². The molecule has 0 heterocycles. The van der Waals surface area contributed by atoms with Crippen molar-refractivity contribution in [1.82, 2.24) is 5.32 Å². The van der Waals surface area contributed by atoms with E-state index in [9.17, 15) is 13.2 Å². The van der Waals surface area contributed by atoms with E-state index in [1.54, 1.807) is 18.2 Å². The largest absolute Gasteiger partial charge is 0.356 e. The Bertz CT molecular complexity index is 665. The van der Waals surface area contributed by atoms with E-state index in [1.807, 2.05) is 6.07 Å². The lowest BCUT2D eigenvalue weighted by Crippen LogP contribution is -2.33. The summed E-state index contributed by atoms with van der Waals surface area (Å²) in [6.45, 7) is 5.30. The molecular weight excluding hydrogens is 416 g/mol. The fraction of sp³-hybridized carbons (Fsp3) is 0.632. The van der Waals surface area contributed by atoms with E-state index in [0.29, 0.717) is 31.0 Å². The van der Waals surface area contributed by atoms with Crippen LogP contribution in [-0.4, -0.2) is 33.7 Å². The quantitative estimate of drug-likeness (QED) is 0.519. The lowest BCUT2D eigenvalue weighted by atomic mass is 9.99. The average Bonchev–Trinajstić information content (AvgIpc) is 2.59. The van der Waals surface area contributed by atoms with Crippen LogP contribution in [0.4, 0.5) is 5.69 Å². The molecule has 1 aromatic carbocycles. The first-order valence-corrected chi connectivity index (χ1v) is 11.9. The Morgan fingerprint density at radius 1 is 1.23 bits per heavy atom. The summed E-state index contributed by atoms with van der Waals surface area (Å²) in [6.07, 6.45) is 6.53. The molecule has 1 rings (SSSR count). The molecule has 5 nitrogen and oxygen atoms in total. The summed E-state index contributed by atoms with van der Waals surface area (Å²) in [6, 6.07) is 7.20. The van der Waals surface area contributed by atoms with E-state index < -0.39 is 10.0 Å². The molecule has 26 heavy (non-hydrogen) atoms. The van der Waals surface area contributed by atoms with Gasteiger partial charge in [-0.3, -0.25) is 9.10 Å². The van der Waals surface area contributed by atoms with Gasteiger partial charge in [0.25, 0.3) is 0 Å². The molecule has 0 saturated heterocycles. The molecule has 0 aliphatic heterocycles. The van der Waals surface area contributed by atoms with Crippen molar-refractivity contribution in [3.05, 3.63) is 28.7 Å². The number of hydrogen-bond donors (Lipinski definition) is 1. The summed E-state index contributed by atoms with van der Waals surface area (Å²) in [5.41, 5.74) is 0.598. The molecule has 1 atom stereocenters. The van der Waals surface area contributed by atoms with E-state index in [4.69, 9.17) is 0 Å². The standard InChI is InChI=1S/C19H31BrN2O3S/c1-4-6-10-16(5-2)15-21-19(23)13-9-14-22(26(3,24)25)18-12-8-7-11-17(18)20/h7-8,11-12,16H,4-6,9-10,13-15H2,1-3H3,(H,21,23)/t16-/m1/s1. The highest BCUT2D eigenvalue weighted by molar-refractivity contribution is 9.10. The summed E-state index contributed by atoms with van der Waals surface area (Å²) in [5.74, 6) is 0.507. The van der Waals surface area contributed by atoms with E-state index in [2.05, 4.69) is 35.1 Å². The van der Waals surface area contributed by atoms with Crippen LogP contribution in [0.5, 0.6) is 0 Å². The number of nitrogens with zero attached hydrogens (tertiary/aromatic N) is 1. The van der Waals surface area contributed by atoms with Gasteiger partial charge in [-0.05, 0) is 46.8 Å². The molecule has 0 aromatic heterocycles. The van der Waals surface area contributed by atoms with Gasteiger partial charge in [0.2, 0.25) is 15.9 Å². The molecule has 0 aliphatic carbocycles. The van der Waals surface area contributed by atoms with Crippen molar-refractivity contribution in [3.8, 4) is 0 Å². The Balaban J connectivity index is 2.53. The van der Waals surface area contributed by atoms with Crippen LogP contribution in [0.2, 0.25) is 0 Å². The normalized spacial score (nSPS) is 12.6. The zero-order valence-corrected chi connectivity index (χ0v) is 18.4. The second-order valence-corrected chi connectivity index (χ2v) is 9.37. The van der Waals surface area contributed by atoms with Gasteiger partial charge in [-0.25, -0.2) is 8.42 Å². The second kappa shape index (κ2) is 11.6. The lowest BCUT2D eigenvalue weighted by molar-refractivity contribution is -0.121. The third-order valence-corrected chi connectivity index (χ3v) is 6.27. The molecule has 0 unspecified atom stereocenters. The Hall–Kier alpha value is -1.08. The van der Waals surface area contributed by atoms with Crippen LogP contribution in [0, 0.1) is 5.92 Å². The van der Waals surface area contributed by atoms with E-state index >= 15 is 0 Å². The maximum atomic E-state index is 12.1. The zero-order valence-electron chi connectivity index (χ0n) is 16.0. The van der Waals surface area contributed by atoms with Crippen LogP contribution in [0.25, 0.3) is 0 Å². The minimum atomic E-state index is -3.41. The Morgan fingerprint density at radius 3 is 2.50 bits per heavy atom. The average molecular weight is 447 g/mol. The highest BCUT2D eigenvalue weighted by Crippen LogP contribution is 2.27. The van der Waals surface area contributed by atoms with Crippen molar-refractivity contribution in [2.24, 2.45) is 5.92 Å². The number of nitrogens with one attached hydrogen (secondary N) is 1. The fourth-order valence-electron chi connectivity index (χ4n) is 2.79. The minimum absolute atomic E-state index is 0.0134. The van der Waals surface area contributed by atoms with Crippen LogP contribution < -0.4 is 9.62 Å². The fourth-order valence-corrected chi connectivity index (χ4v) is 4.39. The smallest absolute Gasteiger partial charge is 0.232 e. The number of rotatable bonds is 12. The highest BCUT2D eigenvalue weighted by atomic mass is 79.9. The molecule has 0 radical (unpaired) electrons. The molecule has 1 amide bonds. The van der Waals surface area contributed by atoms with Crippen molar-refractivity contribution in [3.63, 3.8) is 0 Å². The number of amides is 1. The van der Waals surface area contributed by atoms with Crippen molar-refractivity contribution in [2.75, 3.05) is 23.7 Å². The number of halogens is 1. The van der Waals surface area contributed by atoms with Gasteiger partial charge in [-0.2, -0.15) is 0 Å². The zero-order chi connectivity index (χ0) is 19.6. The lowest BCUT2D eigenvalue weighted by Gasteiger charge is -2.23. The Labute approximate surface area is 166 Å². The number of sulfonamides is 1. The van der Waals surface area contributed by atoms with Gasteiger partial charge in [-0.1, -0.05) is 45.2 Å². The summed E-state index contributed by atoms with van der Waals surface area (Å²) in [5, 5.41) is 2.99. The molecule has 7 heteroatoms. The molecule has 0 saturated carbocycles. The van der Waals surface area contributed by atoms with Crippen molar-refractivity contribution >= 4 is 37.5 Å². The topological polar surface area (TPSA) is 66.5 Å². The van der Waals surface area contributed by atoms with E-state index in [0.717, 1.165) is 17.3 Å². The first-order chi connectivity index (χ1) is 12.3. The molecular formula is C19H31BrN2O3S. The number of para-hydroxylation sites is 1. The Kier molecular flexibility index (Phi) is 10.2. The van der Waals surface area contributed by atoms with E-state index in [-0.39, 0.29) is 12.5 Å². The van der Waals surface area contributed by atoms with Gasteiger partial charge >= 0.3 is 0 Å². The van der Waals surface area contributed by atoms with Gasteiger partial charge in [0, 0.05) is 24.0 Å². The number of hydrogen-bond acceptors (Lipinski definition) is 3. The highest BCUT2D eigenvalue weighted by Gasteiger charge is 2.19. The summed E-state index contributed by atoms with van der Waals surface area (Å²) < 4.78 is 26.3. The maximum absolute atomic E-state index is 12.1. The van der Waals surface area contributed by atoms with Crippen LogP contribution in [0.1, 0.15) is 52.4 Å². The second-order valence-electron chi connectivity index (χ2n) is 6.61. The molecule has 0 spiro atoms.